The normalized spacial score (nSPS) is 7.00. The van der Waals surface area contributed by atoms with Crippen LogP contribution in [0.5, 0.6) is 0 Å². The summed E-state index contributed by atoms with van der Waals surface area (Å²) in [7, 11) is 0. The molecule has 4 nitrogen and oxygen atoms in total. The van der Waals surface area contributed by atoms with Gasteiger partial charge >= 0.3 is 0 Å². The molecule has 98 valence electrons. The number of carbonyl (C=O) groups excluding carboxylic acids is 2. The van der Waals surface area contributed by atoms with E-state index >= 15 is 0 Å². The molecule has 0 amide bonds. The second kappa shape index (κ2) is 12.2. The van der Waals surface area contributed by atoms with Crippen LogP contribution < -0.4 is 0 Å². The van der Waals surface area contributed by atoms with Gasteiger partial charge in [0.25, 0.3) is 0 Å². The largest absolute Gasteiger partial charge is 0.231 e. The fraction of sp³-hybridized carbons (Fsp3) is 0. The van der Waals surface area contributed by atoms with Crippen LogP contribution in [-0.4, -0.2) is 12.2 Å². The molecular formula is C16H12N2O2. The van der Waals surface area contributed by atoms with Gasteiger partial charge in [-0.2, -0.15) is 0 Å². The van der Waals surface area contributed by atoms with Crippen LogP contribution in [0.3, 0.4) is 0 Å². The summed E-state index contributed by atoms with van der Waals surface area (Å²) in [6, 6.07) is 20.0. The van der Waals surface area contributed by atoms with Crippen LogP contribution in [0.1, 0.15) is 11.1 Å². The highest BCUT2D eigenvalue weighted by molar-refractivity contribution is 5.42. The Labute approximate surface area is 117 Å². The summed E-state index contributed by atoms with van der Waals surface area (Å²) in [5.74, 6) is 6.22. The third-order valence-corrected chi connectivity index (χ3v) is 1.90. The first kappa shape index (κ1) is 16.8. The predicted molar refractivity (Wildman–Crippen MR) is 75.7 cm³/mol. The van der Waals surface area contributed by atoms with E-state index in [2.05, 4.69) is 11.8 Å². The van der Waals surface area contributed by atoms with E-state index in [0.717, 1.165) is 23.3 Å². The minimum absolute atomic E-state index is 0.750. The van der Waals surface area contributed by atoms with Gasteiger partial charge in [-0.1, -0.05) is 48.2 Å². The minimum atomic E-state index is 0.750. The number of rotatable bonds is 0. The Morgan fingerprint density at radius 3 is 1.10 bits per heavy atom. The quantitative estimate of drug-likeness (QED) is 0.435. The Balaban J connectivity index is 0.000000520. The van der Waals surface area contributed by atoms with Crippen LogP contribution in [0.2, 0.25) is 0 Å². The predicted octanol–water partition coefficient (Wildman–Crippen LogP) is 2.89. The molecule has 2 rings (SSSR count). The molecule has 4 heteroatoms. The Hall–Kier alpha value is -3.24. The van der Waals surface area contributed by atoms with Gasteiger partial charge in [-0.15, -0.1) is 0 Å². The molecule has 0 saturated carbocycles. The fourth-order valence-corrected chi connectivity index (χ4v) is 1.19. The fourth-order valence-electron chi connectivity index (χ4n) is 1.19. The molecule has 0 unspecified atom stereocenters. The van der Waals surface area contributed by atoms with Crippen molar-refractivity contribution in [2.24, 2.45) is 0 Å². The van der Waals surface area contributed by atoms with Gasteiger partial charge in [0, 0.05) is 11.1 Å². The topological polar surface area (TPSA) is 81.8 Å². The van der Waals surface area contributed by atoms with Gasteiger partial charge in [-0.25, -0.2) is 20.4 Å². The monoisotopic (exact) mass is 264 g/mol. The average Bonchev–Trinajstić information content (AvgIpc) is 2.49. The molecule has 2 aromatic carbocycles. The van der Waals surface area contributed by atoms with Crippen molar-refractivity contribution in [2.75, 3.05) is 0 Å². The van der Waals surface area contributed by atoms with Crippen molar-refractivity contribution < 1.29 is 9.59 Å². The van der Waals surface area contributed by atoms with Gasteiger partial charge in [0.2, 0.25) is 12.2 Å². The molecule has 0 aliphatic rings. The van der Waals surface area contributed by atoms with E-state index in [-0.39, 0.29) is 0 Å². The average molecular weight is 264 g/mol. The zero-order valence-corrected chi connectivity index (χ0v) is 10.6. The van der Waals surface area contributed by atoms with Crippen LogP contribution in [0.15, 0.2) is 60.7 Å². The summed E-state index contributed by atoms with van der Waals surface area (Å²) >= 11 is 0. The molecule has 2 N–H and O–H groups in total. The number of nitrogens with one attached hydrogen (secondary N) is 2. The van der Waals surface area contributed by atoms with E-state index in [1.807, 2.05) is 60.7 Å². The van der Waals surface area contributed by atoms with E-state index in [1.54, 1.807) is 0 Å². The van der Waals surface area contributed by atoms with Gasteiger partial charge in [-0.05, 0) is 24.3 Å². The summed E-state index contributed by atoms with van der Waals surface area (Å²) in [5.41, 5.74) is 2.10. The van der Waals surface area contributed by atoms with Crippen LogP contribution in [0.4, 0.5) is 0 Å². The van der Waals surface area contributed by atoms with Gasteiger partial charge in [0.1, 0.15) is 0 Å². The second-order valence-corrected chi connectivity index (χ2v) is 3.19. The van der Waals surface area contributed by atoms with E-state index < -0.39 is 0 Å². The summed E-state index contributed by atoms with van der Waals surface area (Å²) in [4.78, 5) is 16.7. The molecule has 0 heterocycles. The highest BCUT2D eigenvalue weighted by Crippen LogP contribution is 1.98. The summed E-state index contributed by atoms with van der Waals surface area (Å²) in [6.45, 7) is 0. The molecule has 0 aliphatic heterocycles. The highest BCUT2D eigenvalue weighted by Gasteiger charge is 1.83. The van der Waals surface area contributed by atoms with Gasteiger partial charge in [0.15, 0.2) is 0 Å². The molecule has 0 fully saturated rings. The zero-order valence-electron chi connectivity index (χ0n) is 10.6. The van der Waals surface area contributed by atoms with Crippen molar-refractivity contribution >= 4 is 12.2 Å². The third-order valence-electron chi connectivity index (χ3n) is 1.90. The number of isocyanates is 2. The van der Waals surface area contributed by atoms with Crippen molar-refractivity contribution in [1.82, 2.24) is 0 Å². The van der Waals surface area contributed by atoms with Gasteiger partial charge in [-0.3, -0.25) is 0 Å². The van der Waals surface area contributed by atoms with E-state index in [0.29, 0.717) is 0 Å². The van der Waals surface area contributed by atoms with E-state index in [1.165, 1.54) is 0 Å². The molecule has 0 aliphatic carbocycles. The number of hydrogen-bond acceptors (Lipinski definition) is 4. The molecule has 0 spiro atoms. The second-order valence-electron chi connectivity index (χ2n) is 3.19. The third kappa shape index (κ3) is 8.86. The van der Waals surface area contributed by atoms with Crippen molar-refractivity contribution in [2.45, 2.75) is 0 Å². The van der Waals surface area contributed by atoms with Crippen LogP contribution in [0.25, 0.3) is 0 Å². The first-order valence-corrected chi connectivity index (χ1v) is 5.48. The maximum atomic E-state index is 8.35. The summed E-state index contributed by atoms with van der Waals surface area (Å²) in [6.07, 6.45) is 1.50. The van der Waals surface area contributed by atoms with Gasteiger partial charge < -0.3 is 0 Å². The van der Waals surface area contributed by atoms with Crippen molar-refractivity contribution in [1.29, 1.82) is 10.8 Å². The summed E-state index contributed by atoms with van der Waals surface area (Å²) < 4.78 is 0. The molecule has 0 saturated heterocycles. The van der Waals surface area contributed by atoms with Crippen LogP contribution >= 0.6 is 0 Å². The standard InChI is InChI=1S/C14H10.2CHNO/c1-3-7-13(8-4-1)11-12-14-9-5-2-6-10-14;2*2-1-3/h1-10H;2*2H. The molecule has 20 heavy (non-hydrogen) atoms. The van der Waals surface area contributed by atoms with Crippen LogP contribution in [-0.2, 0) is 9.59 Å². The summed E-state index contributed by atoms with van der Waals surface area (Å²) in [5, 5.41) is 10.8. The van der Waals surface area contributed by atoms with Crippen LogP contribution in [0, 0.1) is 22.7 Å². The molecule has 0 radical (unpaired) electrons. The van der Waals surface area contributed by atoms with E-state index in [4.69, 9.17) is 20.4 Å². The molecule has 0 atom stereocenters. The highest BCUT2D eigenvalue weighted by atomic mass is 16.1. The lowest BCUT2D eigenvalue weighted by molar-refractivity contribution is 0.562. The molecule has 0 bridgehead atoms. The zero-order chi connectivity index (χ0) is 15.1. The number of hydrogen-bond donors (Lipinski definition) is 2. The lowest BCUT2D eigenvalue weighted by Gasteiger charge is -1.88. The van der Waals surface area contributed by atoms with E-state index in [9.17, 15) is 0 Å². The Kier molecular flexibility index (Phi) is 10.2. The van der Waals surface area contributed by atoms with Crippen molar-refractivity contribution in [3.05, 3.63) is 71.8 Å². The minimum Gasteiger partial charge on any atom is -0.222 e. The van der Waals surface area contributed by atoms with Crippen molar-refractivity contribution in [3.63, 3.8) is 0 Å². The Bertz CT molecular complexity index is 558. The SMILES string of the molecule is C(#Cc1ccccc1)c1ccccc1.N=C=O.N=C=O. The van der Waals surface area contributed by atoms with Gasteiger partial charge in [0.05, 0.1) is 0 Å². The molecule has 0 aromatic heterocycles. The molecular weight excluding hydrogens is 252 g/mol. The maximum absolute atomic E-state index is 8.35. The lowest BCUT2D eigenvalue weighted by Crippen LogP contribution is -1.73. The Morgan fingerprint density at radius 2 is 0.850 bits per heavy atom. The maximum Gasteiger partial charge on any atom is 0.231 e. The van der Waals surface area contributed by atoms with Crippen molar-refractivity contribution in [3.8, 4) is 11.8 Å². The lowest BCUT2D eigenvalue weighted by atomic mass is 10.2. The smallest absolute Gasteiger partial charge is 0.222 e. The number of benzene rings is 2. The molecule has 2 aromatic rings. The first-order valence-electron chi connectivity index (χ1n) is 5.48. The first-order chi connectivity index (χ1) is 9.78. The Morgan fingerprint density at radius 1 is 0.600 bits per heavy atom.